The number of aryl methyl sites for hydroxylation is 2. The third kappa shape index (κ3) is 3.06. The summed E-state index contributed by atoms with van der Waals surface area (Å²) in [5.74, 6) is -0.414. The number of rotatable bonds is 3. The van der Waals surface area contributed by atoms with E-state index in [1.807, 2.05) is 51.1 Å². The molecule has 3 heteroatoms. The van der Waals surface area contributed by atoms with Gasteiger partial charge in [-0.05, 0) is 43.5 Å². The lowest BCUT2D eigenvalue weighted by Gasteiger charge is -2.14. The fraction of sp³-hybridized carbons (Fsp3) is 0.235. The van der Waals surface area contributed by atoms with Gasteiger partial charge in [0, 0.05) is 5.69 Å². The van der Waals surface area contributed by atoms with Crippen LogP contribution >= 0.6 is 0 Å². The first-order chi connectivity index (χ1) is 9.49. The maximum Gasteiger partial charge on any atom is 0.257 e. The summed E-state index contributed by atoms with van der Waals surface area (Å²) in [7, 11) is 0. The molecule has 0 fully saturated rings. The Hall–Kier alpha value is -2.13. The molecule has 0 heterocycles. The lowest BCUT2D eigenvalue weighted by molar-refractivity contribution is -0.124. The van der Waals surface area contributed by atoms with E-state index >= 15 is 0 Å². The number of aliphatic hydroxyl groups is 1. The first-order valence-corrected chi connectivity index (χ1v) is 6.61. The SMILES string of the molecule is Cc1ccc(C(O)C(=O)Nc2cccc(C)c2C)cc1. The fourth-order valence-corrected chi connectivity index (χ4v) is 1.99. The second-order valence-electron chi connectivity index (χ2n) is 5.05. The van der Waals surface area contributed by atoms with Crippen LogP contribution in [0.3, 0.4) is 0 Å². The molecule has 0 saturated heterocycles. The van der Waals surface area contributed by atoms with Crippen molar-refractivity contribution in [3.05, 3.63) is 64.7 Å². The van der Waals surface area contributed by atoms with E-state index in [1.165, 1.54) is 0 Å². The summed E-state index contributed by atoms with van der Waals surface area (Å²) in [6, 6.07) is 13.0. The normalized spacial score (nSPS) is 12.0. The molecule has 3 nitrogen and oxygen atoms in total. The van der Waals surface area contributed by atoms with Crippen molar-refractivity contribution in [3.63, 3.8) is 0 Å². The van der Waals surface area contributed by atoms with E-state index in [-0.39, 0.29) is 0 Å². The van der Waals surface area contributed by atoms with Gasteiger partial charge in [-0.15, -0.1) is 0 Å². The Bertz CT molecular complexity index is 617. The molecule has 0 aliphatic heterocycles. The minimum Gasteiger partial charge on any atom is -0.378 e. The van der Waals surface area contributed by atoms with Crippen LogP contribution in [0.1, 0.15) is 28.4 Å². The molecular weight excluding hydrogens is 250 g/mol. The van der Waals surface area contributed by atoms with Crippen molar-refractivity contribution in [2.24, 2.45) is 0 Å². The lowest BCUT2D eigenvalue weighted by atomic mass is 10.1. The Labute approximate surface area is 119 Å². The summed E-state index contributed by atoms with van der Waals surface area (Å²) in [4.78, 5) is 12.1. The summed E-state index contributed by atoms with van der Waals surface area (Å²) < 4.78 is 0. The zero-order chi connectivity index (χ0) is 14.7. The highest BCUT2D eigenvalue weighted by atomic mass is 16.3. The number of amides is 1. The van der Waals surface area contributed by atoms with E-state index in [4.69, 9.17) is 0 Å². The number of hydrogen-bond acceptors (Lipinski definition) is 2. The second-order valence-corrected chi connectivity index (χ2v) is 5.05. The molecule has 0 aliphatic rings. The Morgan fingerprint density at radius 2 is 1.70 bits per heavy atom. The molecule has 2 rings (SSSR count). The van der Waals surface area contributed by atoms with E-state index in [1.54, 1.807) is 12.1 Å². The maximum atomic E-state index is 12.1. The third-order valence-corrected chi connectivity index (χ3v) is 3.50. The van der Waals surface area contributed by atoms with Crippen LogP contribution in [0.2, 0.25) is 0 Å². The smallest absolute Gasteiger partial charge is 0.257 e. The van der Waals surface area contributed by atoms with E-state index in [9.17, 15) is 9.90 Å². The number of carbonyl (C=O) groups is 1. The molecule has 1 amide bonds. The molecule has 2 aromatic carbocycles. The highest BCUT2D eigenvalue weighted by Crippen LogP contribution is 2.21. The van der Waals surface area contributed by atoms with Crippen molar-refractivity contribution in [2.75, 3.05) is 5.32 Å². The molecule has 0 aliphatic carbocycles. The number of hydrogen-bond donors (Lipinski definition) is 2. The molecule has 20 heavy (non-hydrogen) atoms. The van der Waals surface area contributed by atoms with Gasteiger partial charge < -0.3 is 10.4 Å². The summed E-state index contributed by atoms with van der Waals surface area (Å²) >= 11 is 0. The van der Waals surface area contributed by atoms with Gasteiger partial charge in [0.05, 0.1) is 0 Å². The van der Waals surface area contributed by atoms with Crippen molar-refractivity contribution in [1.82, 2.24) is 0 Å². The van der Waals surface area contributed by atoms with Crippen LogP contribution in [-0.4, -0.2) is 11.0 Å². The zero-order valence-corrected chi connectivity index (χ0v) is 12.0. The van der Waals surface area contributed by atoms with E-state index in [0.717, 1.165) is 22.4 Å². The van der Waals surface area contributed by atoms with Gasteiger partial charge in [0.15, 0.2) is 6.10 Å². The van der Waals surface area contributed by atoms with Crippen molar-refractivity contribution < 1.29 is 9.90 Å². The average molecular weight is 269 g/mol. The number of anilines is 1. The van der Waals surface area contributed by atoms with Crippen LogP contribution in [0.25, 0.3) is 0 Å². The fourth-order valence-electron chi connectivity index (χ4n) is 1.99. The number of benzene rings is 2. The predicted molar refractivity (Wildman–Crippen MR) is 80.7 cm³/mol. The molecule has 2 N–H and O–H groups in total. The molecule has 0 spiro atoms. The number of carbonyl (C=O) groups excluding carboxylic acids is 1. The largest absolute Gasteiger partial charge is 0.378 e. The predicted octanol–water partition coefficient (Wildman–Crippen LogP) is 3.28. The van der Waals surface area contributed by atoms with Gasteiger partial charge in [-0.1, -0.05) is 42.0 Å². The molecule has 1 atom stereocenters. The van der Waals surface area contributed by atoms with Crippen molar-refractivity contribution >= 4 is 11.6 Å². The zero-order valence-electron chi connectivity index (χ0n) is 12.0. The molecule has 0 bridgehead atoms. The molecule has 2 aromatic rings. The van der Waals surface area contributed by atoms with Crippen LogP contribution in [0, 0.1) is 20.8 Å². The van der Waals surface area contributed by atoms with Crippen LogP contribution in [0.4, 0.5) is 5.69 Å². The van der Waals surface area contributed by atoms with Gasteiger partial charge in [0.1, 0.15) is 0 Å². The standard InChI is InChI=1S/C17H19NO2/c1-11-7-9-14(10-8-11)16(19)17(20)18-15-6-4-5-12(2)13(15)3/h4-10,16,19H,1-3H3,(H,18,20). The van der Waals surface area contributed by atoms with E-state index in [0.29, 0.717) is 5.56 Å². The first-order valence-electron chi connectivity index (χ1n) is 6.61. The van der Waals surface area contributed by atoms with Crippen molar-refractivity contribution in [3.8, 4) is 0 Å². The van der Waals surface area contributed by atoms with Crippen LogP contribution in [0.5, 0.6) is 0 Å². The summed E-state index contributed by atoms with van der Waals surface area (Å²) in [5.41, 5.74) is 4.54. The molecule has 1 unspecified atom stereocenters. The van der Waals surface area contributed by atoms with Gasteiger partial charge in [0.2, 0.25) is 0 Å². The number of nitrogens with one attached hydrogen (secondary N) is 1. The molecular formula is C17H19NO2. The molecule has 104 valence electrons. The van der Waals surface area contributed by atoms with Crippen molar-refractivity contribution in [1.29, 1.82) is 0 Å². The Morgan fingerprint density at radius 1 is 1.05 bits per heavy atom. The summed E-state index contributed by atoms with van der Waals surface area (Å²) in [6.07, 6.45) is -1.16. The van der Waals surface area contributed by atoms with E-state index in [2.05, 4.69) is 5.32 Å². The molecule has 0 saturated carbocycles. The highest BCUT2D eigenvalue weighted by Gasteiger charge is 2.18. The minimum absolute atomic E-state index is 0.414. The average Bonchev–Trinajstić information content (AvgIpc) is 2.44. The topological polar surface area (TPSA) is 49.3 Å². The monoisotopic (exact) mass is 269 g/mol. The third-order valence-electron chi connectivity index (χ3n) is 3.50. The van der Waals surface area contributed by atoms with Gasteiger partial charge in [0.25, 0.3) is 5.91 Å². The van der Waals surface area contributed by atoms with Crippen molar-refractivity contribution in [2.45, 2.75) is 26.9 Å². The van der Waals surface area contributed by atoms with Gasteiger partial charge in [-0.25, -0.2) is 0 Å². The van der Waals surface area contributed by atoms with Gasteiger partial charge in [-0.2, -0.15) is 0 Å². The Balaban J connectivity index is 2.15. The van der Waals surface area contributed by atoms with Crippen LogP contribution in [-0.2, 0) is 4.79 Å². The molecule has 0 radical (unpaired) electrons. The van der Waals surface area contributed by atoms with Gasteiger partial charge >= 0.3 is 0 Å². The first kappa shape index (κ1) is 14.3. The lowest BCUT2D eigenvalue weighted by Crippen LogP contribution is -2.21. The second kappa shape index (κ2) is 5.88. The quantitative estimate of drug-likeness (QED) is 0.898. The number of aliphatic hydroxyl groups excluding tert-OH is 1. The minimum atomic E-state index is -1.16. The highest BCUT2D eigenvalue weighted by molar-refractivity contribution is 5.95. The summed E-state index contributed by atoms with van der Waals surface area (Å²) in [6.45, 7) is 5.90. The van der Waals surface area contributed by atoms with Crippen LogP contribution in [0.15, 0.2) is 42.5 Å². The summed E-state index contributed by atoms with van der Waals surface area (Å²) in [5, 5.41) is 12.9. The van der Waals surface area contributed by atoms with E-state index < -0.39 is 12.0 Å². The maximum absolute atomic E-state index is 12.1. The van der Waals surface area contributed by atoms with Crippen LogP contribution < -0.4 is 5.32 Å². The van der Waals surface area contributed by atoms with Gasteiger partial charge in [-0.3, -0.25) is 4.79 Å². The molecule has 0 aromatic heterocycles. The Kier molecular flexibility index (Phi) is 4.20. The Morgan fingerprint density at radius 3 is 2.35 bits per heavy atom.